The van der Waals surface area contributed by atoms with E-state index in [1.165, 1.54) is 0 Å². The van der Waals surface area contributed by atoms with Crippen LogP contribution in [0.4, 0.5) is 0 Å². The first-order valence-electron chi connectivity index (χ1n) is 4.86. The number of ether oxygens (including phenoxy) is 1. The minimum absolute atomic E-state index is 0.118. The van der Waals surface area contributed by atoms with Crippen molar-refractivity contribution in [2.75, 3.05) is 13.2 Å². The maximum absolute atomic E-state index is 12.0. The summed E-state index contributed by atoms with van der Waals surface area (Å²) in [7, 11) is 0. The first-order chi connectivity index (χ1) is 7.18. The zero-order valence-electron chi connectivity index (χ0n) is 8.40. The molecule has 1 aromatic rings. The van der Waals surface area contributed by atoms with E-state index in [4.69, 9.17) is 9.15 Å². The van der Waals surface area contributed by atoms with E-state index < -0.39 is 0 Å². The molecule has 0 bridgehead atoms. The fraction of sp³-hybridized carbons (Fsp3) is 0.500. The van der Waals surface area contributed by atoms with Crippen LogP contribution in [0.2, 0.25) is 0 Å². The molecule has 1 aliphatic rings. The van der Waals surface area contributed by atoms with Crippen molar-refractivity contribution in [2.45, 2.75) is 19.6 Å². The van der Waals surface area contributed by atoms with Crippen molar-refractivity contribution in [1.82, 2.24) is 4.90 Å². The molecule has 1 atom stereocenters. The fourth-order valence-corrected chi connectivity index (χ4v) is 1.90. The van der Waals surface area contributed by atoms with Gasteiger partial charge in [-0.2, -0.15) is 0 Å². The number of carbonyl (C=O) groups is 1. The molecule has 5 heteroatoms. The van der Waals surface area contributed by atoms with Gasteiger partial charge in [-0.25, -0.2) is 0 Å². The number of amides is 1. The van der Waals surface area contributed by atoms with Crippen LogP contribution in [0.5, 0.6) is 0 Å². The van der Waals surface area contributed by atoms with Crippen molar-refractivity contribution in [3.05, 3.63) is 22.6 Å². The van der Waals surface area contributed by atoms with Crippen LogP contribution in [0, 0.1) is 0 Å². The molecule has 2 heterocycles. The Labute approximate surface area is 96.3 Å². The summed E-state index contributed by atoms with van der Waals surface area (Å²) in [6.45, 7) is 3.31. The van der Waals surface area contributed by atoms with Gasteiger partial charge in [0.1, 0.15) is 6.23 Å². The number of hydrogen-bond acceptors (Lipinski definition) is 3. The third kappa shape index (κ3) is 2.23. The van der Waals surface area contributed by atoms with Crippen LogP contribution in [0.25, 0.3) is 0 Å². The standard InChI is InChI=1S/C10H12BrNO3/c1-7-12(5-2-6-14-7)10(13)8-3-4-9(11)15-8/h3-4,7H,2,5-6H2,1H3. The molecule has 4 nitrogen and oxygen atoms in total. The summed E-state index contributed by atoms with van der Waals surface area (Å²) in [4.78, 5) is 13.6. The van der Waals surface area contributed by atoms with E-state index in [9.17, 15) is 4.79 Å². The van der Waals surface area contributed by atoms with Gasteiger partial charge in [0.05, 0.1) is 6.61 Å². The average molecular weight is 274 g/mol. The first-order valence-corrected chi connectivity index (χ1v) is 5.65. The molecule has 0 saturated carbocycles. The smallest absolute Gasteiger partial charge is 0.291 e. The van der Waals surface area contributed by atoms with Crippen molar-refractivity contribution in [1.29, 1.82) is 0 Å². The minimum atomic E-state index is -0.171. The third-order valence-electron chi connectivity index (χ3n) is 2.39. The molecule has 2 rings (SSSR count). The van der Waals surface area contributed by atoms with Crippen molar-refractivity contribution < 1.29 is 13.9 Å². The fourth-order valence-electron chi connectivity index (χ4n) is 1.60. The van der Waals surface area contributed by atoms with Crippen LogP contribution in [0.3, 0.4) is 0 Å². The number of furan rings is 1. The monoisotopic (exact) mass is 273 g/mol. The predicted molar refractivity (Wildman–Crippen MR) is 57.5 cm³/mol. The van der Waals surface area contributed by atoms with E-state index in [0.717, 1.165) is 13.0 Å². The molecule has 1 aromatic heterocycles. The Balaban J connectivity index is 2.13. The van der Waals surface area contributed by atoms with Gasteiger partial charge >= 0.3 is 0 Å². The van der Waals surface area contributed by atoms with E-state index in [0.29, 0.717) is 17.0 Å². The summed E-state index contributed by atoms with van der Waals surface area (Å²) in [6.07, 6.45) is 0.702. The molecule has 1 aliphatic heterocycles. The highest BCUT2D eigenvalue weighted by molar-refractivity contribution is 9.10. The molecule has 0 spiro atoms. The first kappa shape index (κ1) is 10.7. The maximum atomic E-state index is 12.0. The molecule has 82 valence electrons. The summed E-state index contributed by atoms with van der Waals surface area (Å²) < 4.78 is 11.2. The van der Waals surface area contributed by atoms with E-state index in [1.807, 2.05) is 6.92 Å². The molecule has 0 aromatic carbocycles. The highest BCUT2D eigenvalue weighted by Gasteiger charge is 2.26. The lowest BCUT2D eigenvalue weighted by Gasteiger charge is -2.32. The molecule has 0 radical (unpaired) electrons. The molecule has 15 heavy (non-hydrogen) atoms. The van der Waals surface area contributed by atoms with Gasteiger partial charge in [0, 0.05) is 6.54 Å². The van der Waals surface area contributed by atoms with Gasteiger partial charge in [0.2, 0.25) is 0 Å². The van der Waals surface area contributed by atoms with E-state index >= 15 is 0 Å². The van der Waals surface area contributed by atoms with E-state index in [2.05, 4.69) is 15.9 Å². The largest absolute Gasteiger partial charge is 0.444 e. The Hall–Kier alpha value is -0.810. The van der Waals surface area contributed by atoms with Crippen molar-refractivity contribution in [2.24, 2.45) is 0 Å². The van der Waals surface area contributed by atoms with Crippen LogP contribution >= 0.6 is 15.9 Å². The minimum Gasteiger partial charge on any atom is -0.444 e. The van der Waals surface area contributed by atoms with Gasteiger partial charge in [-0.3, -0.25) is 4.79 Å². The second-order valence-corrected chi connectivity index (χ2v) is 4.21. The van der Waals surface area contributed by atoms with Crippen LogP contribution in [0.1, 0.15) is 23.9 Å². The highest BCUT2D eigenvalue weighted by atomic mass is 79.9. The summed E-state index contributed by atoms with van der Waals surface area (Å²) in [5.74, 6) is 0.229. The average Bonchev–Trinajstić information content (AvgIpc) is 2.65. The van der Waals surface area contributed by atoms with Crippen LogP contribution in [-0.4, -0.2) is 30.2 Å². The second-order valence-electron chi connectivity index (χ2n) is 3.43. The molecule has 1 fully saturated rings. The zero-order valence-corrected chi connectivity index (χ0v) is 9.99. The van der Waals surface area contributed by atoms with Crippen LogP contribution in [-0.2, 0) is 4.74 Å². The van der Waals surface area contributed by atoms with Gasteiger partial charge in [-0.05, 0) is 41.4 Å². The Morgan fingerprint density at radius 2 is 2.40 bits per heavy atom. The summed E-state index contributed by atoms with van der Waals surface area (Å²) in [5.41, 5.74) is 0. The number of carbonyl (C=O) groups excluding carboxylic acids is 1. The second kappa shape index (κ2) is 4.37. The number of nitrogens with zero attached hydrogens (tertiary/aromatic N) is 1. The normalized spacial score (nSPS) is 21.7. The summed E-state index contributed by atoms with van der Waals surface area (Å²) in [5, 5.41) is 0. The predicted octanol–water partition coefficient (Wildman–Crippen LogP) is 2.25. The molecule has 1 amide bonds. The number of rotatable bonds is 1. The molecule has 0 aliphatic carbocycles. The Bertz CT molecular complexity index is 363. The Morgan fingerprint density at radius 1 is 1.60 bits per heavy atom. The number of halogens is 1. The quantitative estimate of drug-likeness (QED) is 0.788. The Kier molecular flexibility index (Phi) is 3.11. The van der Waals surface area contributed by atoms with Gasteiger partial charge in [-0.15, -0.1) is 0 Å². The van der Waals surface area contributed by atoms with Gasteiger partial charge < -0.3 is 14.1 Å². The van der Waals surface area contributed by atoms with E-state index in [-0.39, 0.29) is 12.1 Å². The molecule has 0 N–H and O–H groups in total. The SMILES string of the molecule is CC1OCCCN1C(=O)c1ccc(Br)o1. The van der Waals surface area contributed by atoms with Crippen molar-refractivity contribution >= 4 is 21.8 Å². The van der Waals surface area contributed by atoms with Crippen molar-refractivity contribution in [3.63, 3.8) is 0 Å². The van der Waals surface area contributed by atoms with E-state index in [1.54, 1.807) is 17.0 Å². The Morgan fingerprint density at radius 3 is 3.00 bits per heavy atom. The lowest BCUT2D eigenvalue weighted by Crippen LogP contribution is -2.44. The number of hydrogen-bond donors (Lipinski definition) is 0. The lowest BCUT2D eigenvalue weighted by atomic mass is 10.3. The van der Waals surface area contributed by atoms with Crippen LogP contribution in [0.15, 0.2) is 21.2 Å². The lowest BCUT2D eigenvalue weighted by molar-refractivity contribution is -0.0671. The molecular formula is C10H12BrNO3. The summed E-state index contributed by atoms with van der Waals surface area (Å²) >= 11 is 3.17. The maximum Gasteiger partial charge on any atom is 0.291 e. The summed E-state index contributed by atoms with van der Waals surface area (Å²) in [6, 6.07) is 3.37. The highest BCUT2D eigenvalue weighted by Crippen LogP contribution is 2.19. The van der Waals surface area contributed by atoms with Gasteiger partial charge in [-0.1, -0.05) is 0 Å². The third-order valence-corrected chi connectivity index (χ3v) is 2.81. The molecular weight excluding hydrogens is 262 g/mol. The van der Waals surface area contributed by atoms with Gasteiger partial charge in [0.15, 0.2) is 10.4 Å². The van der Waals surface area contributed by atoms with Crippen LogP contribution < -0.4 is 0 Å². The molecule has 1 saturated heterocycles. The van der Waals surface area contributed by atoms with Gasteiger partial charge in [0.25, 0.3) is 5.91 Å². The van der Waals surface area contributed by atoms with Crippen molar-refractivity contribution in [3.8, 4) is 0 Å². The molecule has 1 unspecified atom stereocenters. The zero-order chi connectivity index (χ0) is 10.8. The topological polar surface area (TPSA) is 42.7 Å².